The Bertz CT molecular complexity index is 378. The summed E-state index contributed by atoms with van der Waals surface area (Å²) < 4.78 is 0. The van der Waals surface area contributed by atoms with Crippen molar-refractivity contribution >= 4 is 0 Å². The molecule has 92 valence electrons. The summed E-state index contributed by atoms with van der Waals surface area (Å²) in [6.45, 7) is 0. The molecule has 1 N–H and O–H groups in total. The number of benzene rings is 1. The maximum atomic E-state index is 10.3. The van der Waals surface area contributed by atoms with Crippen molar-refractivity contribution in [3.05, 3.63) is 35.9 Å². The number of aliphatic hydroxyl groups is 1. The van der Waals surface area contributed by atoms with Crippen LogP contribution in [0.1, 0.15) is 43.8 Å². The van der Waals surface area contributed by atoms with E-state index in [1.807, 2.05) is 30.3 Å². The van der Waals surface area contributed by atoms with Crippen LogP contribution in [0.5, 0.6) is 0 Å². The van der Waals surface area contributed by atoms with Crippen molar-refractivity contribution in [2.45, 2.75) is 44.0 Å². The normalized spacial score (nSPS) is 37.5. The third-order valence-corrected chi connectivity index (χ3v) is 3.95. The molecule has 1 aliphatic heterocycles. The van der Waals surface area contributed by atoms with Crippen LogP contribution in [0.15, 0.2) is 30.3 Å². The minimum Gasteiger partial charge on any atom is -0.363 e. The molecule has 2 fully saturated rings. The molecule has 0 spiro atoms. The molecule has 1 aromatic carbocycles. The van der Waals surface area contributed by atoms with Gasteiger partial charge in [0.25, 0.3) is 0 Å². The Kier molecular flexibility index (Phi) is 2.90. The molecule has 1 aromatic rings. The Morgan fingerprint density at radius 1 is 1.18 bits per heavy atom. The van der Waals surface area contributed by atoms with Gasteiger partial charge in [-0.25, -0.2) is 9.78 Å². The molecular formula is C14H18O3. The Morgan fingerprint density at radius 3 is 2.82 bits per heavy atom. The van der Waals surface area contributed by atoms with Gasteiger partial charge in [-0.05, 0) is 24.8 Å². The van der Waals surface area contributed by atoms with E-state index < -0.39 is 5.79 Å². The van der Waals surface area contributed by atoms with E-state index in [0.29, 0.717) is 6.42 Å². The highest BCUT2D eigenvalue weighted by molar-refractivity contribution is 5.18. The van der Waals surface area contributed by atoms with E-state index in [1.165, 1.54) is 6.42 Å². The van der Waals surface area contributed by atoms with E-state index in [-0.39, 0.29) is 12.0 Å². The van der Waals surface area contributed by atoms with Crippen LogP contribution in [-0.4, -0.2) is 10.9 Å². The number of hydrogen-bond donors (Lipinski definition) is 1. The lowest BCUT2D eigenvalue weighted by molar-refractivity contribution is -0.484. The number of fused-ring (bicyclic) bond motifs is 1. The monoisotopic (exact) mass is 234 g/mol. The van der Waals surface area contributed by atoms with Gasteiger partial charge in [-0.15, -0.1) is 0 Å². The van der Waals surface area contributed by atoms with Crippen LogP contribution in [0.4, 0.5) is 0 Å². The van der Waals surface area contributed by atoms with Gasteiger partial charge in [0.05, 0.1) is 0 Å². The summed E-state index contributed by atoms with van der Waals surface area (Å²) in [7, 11) is 0. The highest BCUT2D eigenvalue weighted by Crippen LogP contribution is 2.45. The first-order valence-electron chi connectivity index (χ1n) is 6.40. The van der Waals surface area contributed by atoms with E-state index in [9.17, 15) is 5.11 Å². The smallest absolute Gasteiger partial charge is 0.202 e. The largest absolute Gasteiger partial charge is 0.363 e. The minimum absolute atomic E-state index is 0.0421. The van der Waals surface area contributed by atoms with Gasteiger partial charge in [0, 0.05) is 12.3 Å². The Morgan fingerprint density at radius 2 is 2.00 bits per heavy atom. The van der Waals surface area contributed by atoms with Gasteiger partial charge in [-0.2, -0.15) is 0 Å². The maximum Gasteiger partial charge on any atom is 0.202 e. The quantitative estimate of drug-likeness (QED) is 0.759. The van der Waals surface area contributed by atoms with Crippen LogP contribution >= 0.6 is 0 Å². The second-order valence-corrected chi connectivity index (χ2v) is 5.10. The zero-order valence-corrected chi connectivity index (χ0v) is 9.84. The lowest BCUT2D eigenvalue weighted by atomic mass is 9.78. The molecule has 0 amide bonds. The molecule has 3 heteroatoms. The molecule has 3 unspecified atom stereocenters. The molecule has 0 radical (unpaired) electrons. The highest BCUT2D eigenvalue weighted by Gasteiger charge is 2.46. The highest BCUT2D eigenvalue weighted by atomic mass is 17.2. The standard InChI is InChI=1S/C14H18O3/c15-14-9-5-4-8-12(14)10-13(16-17-14)11-6-2-1-3-7-11/h1-3,6-7,12-13,15H,4-5,8-10H2. The van der Waals surface area contributed by atoms with Gasteiger partial charge in [0.1, 0.15) is 6.10 Å². The molecule has 17 heavy (non-hydrogen) atoms. The van der Waals surface area contributed by atoms with Gasteiger partial charge in [0.2, 0.25) is 5.79 Å². The van der Waals surface area contributed by atoms with E-state index in [1.54, 1.807) is 0 Å². The second-order valence-electron chi connectivity index (χ2n) is 5.10. The first-order chi connectivity index (χ1) is 8.28. The zero-order chi connectivity index (χ0) is 11.7. The summed E-state index contributed by atoms with van der Waals surface area (Å²) in [5.41, 5.74) is 1.13. The van der Waals surface area contributed by atoms with Crippen LogP contribution < -0.4 is 0 Å². The van der Waals surface area contributed by atoms with E-state index in [0.717, 1.165) is 24.8 Å². The molecule has 3 rings (SSSR count). The molecule has 1 saturated carbocycles. The Hall–Kier alpha value is -0.900. The van der Waals surface area contributed by atoms with Crippen molar-refractivity contribution in [3.63, 3.8) is 0 Å². The fraction of sp³-hybridized carbons (Fsp3) is 0.571. The molecule has 0 bridgehead atoms. The third kappa shape index (κ3) is 2.10. The third-order valence-electron chi connectivity index (χ3n) is 3.95. The summed E-state index contributed by atoms with van der Waals surface area (Å²) >= 11 is 0. The fourth-order valence-electron chi connectivity index (χ4n) is 2.91. The molecule has 1 aliphatic carbocycles. The minimum atomic E-state index is -1.04. The van der Waals surface area contributed by atoms with E-state index >= 15 is 0 Å². The average Bonchev–Trinajstić information content (AvgIpc) is 2.39. The Labute approximate surface area is 101 Å². The van der Waals surface area contributed by atoms with Crippen molar-refractivity contribution in [2.75, 3.05) is 0 Å². The second kappa shape index (κ2) is 4.41. The van der Waals surface area contributed by atoms with Gasteiger partial charge in [0.15, 0.2) is 0 Å². The molecular weight excluding hydrogens is 216 g/mol. The van der Waals surface area contributed by atoms with Gasteiger partial charge in [-0.1, -0.05) is 36.8 Å². The van der Waals surface area contributed by atoms with Crippen LogP contribution in [0.25, 0.3) is 0 Å². The van der Waals surface area contributed by atoms with Gasteiger partial charge >= 0.3 is 0 Å². The first kappa shape index (κ1) is 11.2. The van der Waals surface area contributed by atoms with Gasteiger partial charge < -0.3 is 5.11 Å². The summed E-state index contributed by atoms with van der Waals surface area (Å²) in [4.78, 5) is 10.7. The van der Waals surface area contributed by atoms with Crippen molar-refractivity contribution in [1.29, 1.82) is 0 Å². The average molecular weight is 234 g/mol. The van der Waals surface area contributed by atoms with Crippen LogP contribution in [0.2, 0.25) is 0 Å². The summed E-state index contributed by atoms with van der Waals surface area (Å²) in [5, 5.41) is 10.3. The van der Waals surface area contributed by atoms with Crippen molar-refractivity contribution < 1.29 is 14.9 Å². The topological polar surface area (TPSA) is 38.7 Å². The molecule has 3 nitrogen and oxygen atoms in total. The number of hydrogen-bond acceptors (Lipinski definition) is 3. The predicted molar refractivity (Wildman–Crippen MR) is 62.9 cm³/mol. The maximum absolute atomic E-state index is 10.3. The fourth-order valence-corrected chi connectivity index (χ4v) is 2.91. The Balaban J connectivity index is 1.76. The molecule has 2 aliphatic rings. The van der Waals surface area contributed by atoms with E-state index in [4.69, 9.17) is 9.78 Å². The SMILES string of the molecule is OC12CCCCC1CC(c1ccccc1)OO2. The summed E-state index contributed by atoms with van der Waals surface area (Å²) in [6, 6.07) is 10.1. The van der Waals surface area contributed by atoms with Gasteiger partial charge in [-0.3, -0.25) is 0 Å². The molecule has 3 atom stereocenters. The van der Waals surface area contributed by atoms with E-state index in [2.05, 4.69) is 0 Å². The zero-order valence-electron chi connectivity index (χ0n) is 9.84. The number of rotatable bonds is 1. The summed E-state index contributed by atoms with van der Waals surface area (Å²) in [5.74, 6) is -0.834. The first-order valence-corrected chi connectivity index (χ1v) is 6.40. The molecule has 0 aromatic heterocycles. The van der Waals surface area contributed by atoms with Crippen LogP contribution in [-0.2, 0) is 9.78 Å². The lowest BCUT2D eigenvalue weighted by Gasteiger charge is -2.44. The van der Waals surface area contributed by atoms with Crippen LogP contribution in [0, 0.1) is 5.92 Å². The summed E-state index contributed by atoms with van der Waals surface area (Å²) in [6.07, 6.45) is 4.73. The van der Waals surface area contributed by atoms with Crippen molar-refractivity contribution in [1.82, 2.24) is 0 Å². The molecule has 1 heterocycles. The predicted octanol–water partition coefficient (Wildman–Crippen LogP) is 2.96. The molecule has 1 saturated heterocycles. The van der Waals surface area contributed by atoms with Crippen molar-refractivity contribution in [3.8, 4) is 0 Å². The van der Waals surface area contributed by atoms with Crippen molar-refractivity contribution in [2.24, 2.45) is 5.92 Å². The van der Waals surface area contributed by atoms with Crippen LogP contribution in [0.3, 0.4) is 0 Å². The lowest BCUT2D eigenvalue weighted by Crippen LogP contribution is -2.47.